The summed E-state index contributed by atoms with van der Waals surface area (Å²) in [5.74, 6) is -0.443. The van der Waals surface area contributed by atoms with Crippen LogP contribution in [0.15, 0.2) is 63.2 Å². The molecule has 142 valence electrons. The number of hydrogen-bond acceptors (Lipinski definition) is 7. The first-order valence-electron chi connectivity index (χ1n) is 8.04. The van der Waals surface area contributed by atoms with Gasteiger partial charge in [-0.25, -0.2) is 0 Å². The minimum absolute atomic E-state index is 0.0474. The summed E-state index contributed by atoms with van der Waals surface area (Å²) in [6, 6.07) is 12.9. The number of rotatable bonds is 6. The second-order valence-corrected chi connectivity index (χ2v) is 7.84. The Morgan fingerprint density at radius 3 is 2.75 bits per heavy atom. The van der Waals surface area contributed by atoms with Crippen molar-refractivity contribution in [2.75, 3.05) is 0 Å². The molecule has 28 heavy (non-hydrogen) atoms. The van der Waals surface area contributed by atoms with Crippen molar-refractivity contribution in [2.45, 2.75) is 11.7 Å². The zero-order valence-corrected chi connectivity index (χ0v) is 16.6. The second kappa shape index (κ2) is 8.89. The van der Waals surface area contributed by atoms with Gasteiger partial charge in [-0.1, -0.05) is 52.0 Å². The van der Waals surface area contributed by atoms with E-state index in [4.69, 9.17) is 0 Å². The molecule has 0 aromatic heterocycles. The van der Waals surface area contributed by atoms with Crippen molar-refractivity contribution in [1.29, 1.82) is 0 Å². The molecule has 1 atom stereocenters. The molecule has 0 unspecified atom stereocenters. The fourth-order valence-electron chi connectivity index (χ4n) is 2.38. The summed E-state index contributed by atoms with van der Waals surface area (Å²) in [6.45, 7) is 0. The van der Waals surface area contributed by atoms with E-state index in [-0.39, 0.29) is 29.0 Å². The van der Waals surface area contributed by atoms with Crippen molar-refractivity contribution >= 4 is 56.5 Å². The highest BCUT2D eigenvalue weighted by molar-refractivity contribution is 9.10. The number of ketones is 1. The van der Waals surface area contributed by atoms with Crippen molar-refractivity contribution in [1.82, 2.24) is 5.32 Å². The van der Waals surface area contributed by atoms with Crippen LogP contribution in [-0.2, 0) is 4.79 Å². The first kappa shape index (κ1) is 19.9. The van der Waals surface area contributed by atoms with Gasteiger partial charge in [0, 0.05) is 34.2 Å². The molecule has 0 spiro atoms. The molecule has 10 heteroatoms. The number of amides is 1. The van der Waals surface area contributed by atoms with Gasteiger partial charge in [-0.05, 0) is 12.1 Å². The van der Waals surface area contributed by atoms with E-state index in [2.05, 4.69) is 31.4 Å². The summed E-state index contributed by atoms with van der Waals surface area (Å²) < 4.78 is 0.869. The lowest BCUT2D eigenvalue weighted by molar-refractivity contribution is -0.384. The molecular weight excluding hydrogens is 448 g/mol. The number of carbonyl (C=O) groups is 2. The Hall–Kier alpha value is -2.85. The zero-order chi connectivity index (χ0) is 20.1. The van der Waals surface area contributed by atoms with Crippen LogP contribution in [0.5, 0.6) is 0 Å². The van der Waals surface area contributed by atoms with E-state index in [1.807, 2.05) is 0 Å². The van der Waals surface area contributed by atoms with Crippen LogP contribution in [0, 0.1) is 10.1 Å². The summed E-state index contributed by atoms with van der Waals surface area (Å²) in [5, 5.41) is 20.8. The van der Waals surface area contributed by atoms with Gasteiger partial charge >= 0.3 is 0 Å². The van der Waals surface area contributed by atoms with Crippen LogP contribution < -0.4 is 5.32 Å². The molecule has 2 aromatic carbocycles. The Labute approximate surface area is 172 Å². The van der Waals surface area contributed by atoms with Crippen LogP contribution in [0.2, 0.25) is 0 Å². The number of nitro groups is 1. The minimum Gasteiger partial charge on any atom is -0.303 e. The first-order valence-corrected chi connectivity index (χ1v) is 9.71. The van der Waals surface area contributed by atoms with Gasteiger partial charge in [-0.2, -0.15) is 5.10 Å². The molecule has 1 amide bonds. The number of halogens is 1. The number of amidine groups is 1. The third-order valence-corrected chi connectivity index (χ3v) is 5.35. The SMILES string of the molecule is O=C(C[C@H]1S/C(=N\N=C/c2cccc([N+](=O)[O-])c2)NC1=O)c1ccc(Br)cc1. The number of thioether (sulfide) groups is 1. The number of carbonyl (C=O) groups excluding carboxylic acids is 2. The van der Waals surface area contributed by atoms with Crippen LogP contribution in [0.3, 0.4) is 0 Å². The Morgan fingerprint density at radius 1 is 1.29 bits per heavy atom. The van der Waals surface area contributed by atoms with Crippen molar-refractivity contribution < 1.29 is 14.5 Å². The molecule has 1 heterocycles. The highest BCUT2D eigenvalue weighted by Crippen LogP contribution is 2.24. The summed E-state index contributed by atoms with van der Waals surface area (Å²) in [6.07, 6.45) is 1.40. The van der Waals surface area contributed by atoms with Crippen LogP contribution >= 0.6 is 27.7 Å². The summed E-state index contributed by atoms with van der Waals surface area (Å²) in [7, 11) is 0. The largest absolute Gasteiger partial charge is 0.303 e. The second-order valence-electron chi connectivity index (χ2n) is 5.73. The standard InChI is InChI=1S/C18H13BrN4O4S/c19-13-6-4-12(5-7-13)15(24)9-16-17(25)21-18(28-16)22-20-10-11-2-1-3-14(8-11)23(26)27/h1-8,10,16H,9H2,(H,21,22,25)/b20-10-/t16-/m1/s1. The van der Waals surface area contributed by atoms with Crippen LogP contribution in [0.25, 0.3) is 0 Å². The Balaban J connectivity index is 1.62. The number of nitro benzene ring substituents is 1. The van der Waals surface area contributed by atoms with Crippen molar-refractivity contribution in [3.05, 3.63) is 74.2 Å². The van der Waals surface area contributed by atoms with E-state index >= 15 is 0 Å². The number of Topliss-reactive ketones (excluding diaryl/α,β-unsaturated/α-hetero) is 1. The lowest BCUT2D eigenvalue weighted by atomic mass is 10.1. The molecule has 2 aromatic rings. The molecule has 1 aliphatic heterocycles. The van der Waals surface area contributed by atoms with Crippen LogP contribution in [0.4, 0.5) is 5.69 Å². The monoisotopic (exact) mass is 460 g/mol. The summed E-state index contributed by atoms with van der Waals surface area (Å²) >= 11 is 4.44. The molecule has 1 saturated heterocycles. The molecule has 0 saturated carbocycles. The number of benzene rings is 2. The number of hydrogen-bond donors (Lipinski definition) is 1. The molecule has 1 aliphatic rings. The zero-order valence-electron chi connectivity index (χ0n) is 14.2. The topological polar surface area (TPSA) is 114 Å². The number of non-ortho nitro benzene ring substituents is 1. The van der Waals surface area contributed by atoms with E-state index in [0.29, 0.717) is 11.1 Å². The van der Waals surface area contributed by atoms with E-state index < -0.39 is 10.2 Å². The summed E-state index contributed by atoms with van der Waals surface area (Å²) in [5.41, 5.74) is 0.993. The normalized spacial score (nSPS) is 17.8. The third kappa shape index (κ3) is 5.11. The number of nitrogens with one attached hydrogen (secondary N) is 1. The highest BCUT2D eigenvalue weighted by atomic mass is 79.9. The smallest absolute Gasteiger partial charge is 0.270 e. The van der Waals surface area contributed by atoms with E-state index in [1.165, 1.54) is 18.3 Å². The fourth-order valence-corrected chi connectivity index (χ4v) is 3.56. The molecule has 0 bridgehead atoms. The molecular formula is C18H13BrN4O4S. The van der Waals surface area contributed by atoms with Crippen molar-refractivity contribution in [3.63, 3.8) is 0 Å². The van der Waals surface area contributed by atoms with E-state index in [9.17, 15) is 19.7 Å². The van der Waals surface area contributed by atoms with E-state index in [0.717, 1.165) is 16.2 Å². The van der Waals surface area contributed by atoms with Gasteiger partial charge in [0.05, 0.1) is 16.4 Å². The molecule has 0 radical (unpaired) electrons. The quantitative estimate of drug-likeness (QED) is 0.306. The predicted molar refractivity (Wildman–Crippen MR) is 111 cm³/mol. The lowest BCUT2D eigenvalue weighted by Gasteiger charge is -2.04. The van der Waals surface area contributed by atoms with Gasteiger partial charge in [-0.15, -0.1) is 5.10 Å². The van der Waals surface area contributed by atoms with Gasteiger partial charge in [-0.3, -0.25) is 19.7 Å². The first-order chi connectivity index (χ1) is 13.4. The maximum absolute atomic E-state index is 12.3. The Morgan fingerprint density at radius 2 is 2.04 bits per heavy atom. The van der Waals surface area contributed by atoms with Crippen LogP contribution in [-0.4, -0.2) is 33.2 Å². The average Bonchev–Trinajstić information content (AvgIpc) is 3.01. The maximum Gasteiger partial charge on any atom is 0.270 e. The van der Waals surface area contributed by atoms with Crippen molar-refractivity contribution in [3.8, 4) is 0 Å². The molecule has 8 nitrogen and oxygen atoms in total. The molecule has 1 N–H and O–H groups in total. The summed E-state index contributed by atoms with van der Waals surface area (Å²) in [4.78, 5) is 34.6. The van der Waals surface area contributed by atoms with Crippen LogP contribution in [0.1, 0.15) is 22.3 Å². The van der Waals surface area contributed by atoms with Gasteiger partial charge in [0.15, 0.2) is 11.0 Å². The molecule has 1 fully saturated rings. The van der Waals surface area contributed by atoms with Crippen molar-refractivity contribution in [2.24, 2.45) is 10.2 Å². The van der Waals surface area contributed by atoms with Gasteiger partial charge in [0.2, 0.25) is 5.91 Å². The predicted octanol–water partition coefficient (Wildman–Crippen LogP) is 3.55. The number of nitrogens with zero attached hydrogens (tertiary/aromatic N) is 3. The average molecular weight is 461 g/mol. The third-order valence-electron chi connectivity index (χ3n) is 3.75. The Bertz CT molecular complexity index is 991. The molecule has 0 aliphatic carbocycles. The maximum atomic E-state index is 12.3. The van der Waals surface area contributed by atoms with Gasteiger partial charge < -0.3 is 5.32 Å². The Kier molecular flexibility index (Phi) is 6.32. The highest BCUT2D eigenvalue weighted by Gasteiger charge is 2.32. The van der Waals surface area contributed by atoms with Gasteiger partial charge in [0.1, 0.15) is 0 Å². The minimum atomic E-state index is -0.581. The van der Waals surface area contributed by atoms with Gasteiger partial charge in [0.25, 0.3) is 5.69 Å². The fraction of sp³-hybridized carbons (Fsp3) is 0.111. The van der Waals surface area contributed by atoms with E-state index in [1.54, 1.807) is 36.4 Å². The lowest BCUT2D eigenvalue weighted by Crippen LogP contribution is -2.26. The molecule has 3 rings (SSSR count).